The van der Waals surface area contributed by atoms with Crippen molar-refractivity contribution in [3.8, 4) is 5.69 Å². The molecular weight excluding hydrogens is 232 g/mol. The number of carboxylic acids is 1. The summed E-state index contributed by atoms with van der Waals surface area (Å²) in [4.78, 5) is 10.5. The quantitative estimate of drug-likeness (QED) is 0.832. The maximum Gasteiger partial charge on any atom is 0.332 e. The van der Waals surface area contributed by atoms with Gasteiger partial charge in [0.15, 0.2) is 6.10 Å². The standard InChI is InChI=1S/C13H14N2O3/c16-12(13(17)18)7-4-10-2-5-11(6-3-10)15-9-1-8-14-15/h1-3,5-6,8-9,12,16H,4,7H2,(H,17,18). The number of carbonyl (C=O) groups is 1. The molecule has 94 valence electrons. The molecule has 1 aromatic heterocycles. The normalized spacial score (nSPS) is 12.3. The van der Waals surface area contributed by atoms with Crippen LogP contribution in [0.3, 0.4) is 0 Å². The Labute approximate surface area is 104 Å². The number of aliphatic carboxylic acids is 1. The van der Waals surface area contributed by atoms with Gasteiger partial charge in [-0.2, -0.15) is 5.10 Å². The minimum absolute atomic E-state index is 0.219. The highest BCUT2D eigenvalue weighted by Crippen LogP contribution is 2.11. The van der Waals surface area contributed by atoms with Gasteiger partial charge in [0.2, 0.25) is 0 Å². The van der Waals surface area contributed by atoms with Crippen molar-refractivity contribution in [2.45, 2.75) is 18.9 Å². The zero-order chi connectivity index (χ0) is 13.0. The number of aliphatic hydroxyl groups is 1. The molecule has 1 unspecified atom stereocenters. The van der Waals surface area contributed by atoms with Crippen LogP contribution in [-0.2, 0) is 11.2 Å². The zero-order valence-electron chi connectivity index (χ0n) is 9.73. The second-order valence-electron chi connectivity index (χ2n) is 4.01. The van der Waals surface area contributed by atoms with Crippen LogP contribution in [0, 0.1) is 0 Å². The Bertz CT molecular complexity index is 506. The first kappa shape index (κ1) is 12.3. The summed E-state index contributed by atoms with van der Waals surface area (Å²) in [5.41, 5.74) is 1.94. The summed E-state index contributed by atoms with van der Waals surface area (Å²) < 4.78 is 1.75. The van der Waals surface area contributed by atoms with E-state index in [-0.39, 0.29) is 6.42 Å². The lowest BCUT2D eigenvalue weighted by Gasteiger charge is -2.06. The second-order valence-corrected chi connectivity index (χ2v) is 4.01. The van der Waals surface area contributed by atoms with E-state index in [1.54, 1.807) is 10.9 Å². The highest BCUT2D eigenvalue weighted by Gasteiger charge is 2.12. The van der Waals surface area contributed by atoms with Gasteiger partial charge < -0.3 is 10.2 Å². The number of rotatable bonds is 5. The zero-order valence-corrected chi connectivity index (χ0v) is 9.73. The van der Waals surface area contributed by atoms with E-state index in [0.29, 0.717) is 6.42 Å². The highest BCUT2D eigenvalue weighted by atomic mass is 16.4. The van der Waals surface area contributed by atoms with Crippen molar-refractivity contribution < 1.29 is 15.0 Å². The van der Waals surface area contributed by atoms with Crippen molar-refractivity contribution in [3.63, 3.8) is 0 Å². The molecule has 1 aromatic carbocycles. The fraction of sp³-hybridized carbons (Fsp3) is 0.231. The SMILES string of the molecule is O=C(O)C(O)CCc1ccc(-n2cccn2)cc1. The lowest BCUT2D eigenvalue weighted by atomic mass is 10.1. The Morgan fingerprint density at radius 2 is 2.06 bits per heavy atom. The molecule has 0 aliphatic rings. The van der Waals surface area contributed by atoms with Gasteiger partial charge in [-0.1, -0.05) is 12.1 Å². The predicted octanol–water partition coefficient (Wildman–Crippen LogP) is 1.25. The van der Waals surface area contributed by atoms with E-state index in [2.05, 4.69) is 5.10 Å². The summed E-state index contributed by atoms with van der Waals surface area (Å²) in [5.74, 6) is -1.18. The molecule has 0 amide bonds. The summed E-state index contributed by atoms with van der Waals surface area (Å²) in [6.07, 6.45) is 3.01. The number of aliphatic hydroxyl groups excluding tert-OH is 1. The maximum absolute atomic E-state index is 10.5. The molecule has 2 N–H and O–H groups in total. The van der Waals surface area contributed by atoms with Gasteiger partial charge in [0.25, 0.3) is 0 Å². The third-order valence-corrected chi connectivity index (χ3v) is 2.70. The summed E-state index contributed by atoms with van der Waals surface area (Å²) in [7, 11) is 0. The minimum Gasteiger partial charge on any atom is -0.479 e. The van der Waals surface area contributed by atoms with E-state index >= 15 is 0 Å². The smallest absolute Gasteiger partial charge is 0.332 e. The van der Waals surface area contributed by atoms with Crippen LogP contribution < -0.4 is 0 Å². The van der Waals surface area contributed by atoms with Crippen molar-refractivity contribution >= 4 is 5.97 Å². The largest absolute Gasteiger partial charge is 0.479 e. The molecule has 0 radical (unpaired) electrons. The molecule has 1 atom stereocenters. The van der Waals surface area contributed by atoms with Gasteiger partial charge in [0.05, 0.1) is 5.69 Å². The third-order valence-electron chi connectivity index (χ3n) is 2.70. The Kier molecular flexibility index (Phi) is 3.74. The molecule has 1 heterocycles. The topological polar surface area (TPSA) is 75.3 Å². The first-order valence-corrected chi connectivity index (χ1v) is 5.66. The lowest BCUT2D eigenvalue weighted by Crippen LogP contribution is -2.19. The molecule has 0 aliphatic heterocycles. The molecule has 5 nitrogen and oxygen atoms in total. The van der Waals surface area contributed by atoms with Crippen LogP contribution in [0.15, 0.2) is 42.7 Å². The number of benzene rings is 1. The molecule has 0 fully saturated rings. The van der Waals surface area contributed by atoms with E-state index in [4.69, 9.17) is 5.11 Å². The van der Waals surface area contributed by atoms with Gasteiger partial charge in [-0.05, 0) is 36.6 Å². The third kappa shape index (κ3) is 2.95. The number of hydrogen-bond donors (Lipinski definition) is 2. The average molecular weight is 246 g/mol. The minimum atomic E-state index is -1.30. The number of aromatic nitrogens is 2. The van der Waals surface area contributed by atoms with Gasteiger partial charge in [-0.15, -0.1) is 0 Å². The van der Waals surface area contributed by atoms with E-state index in [0.717, 1.165) is 11.3 Å². The van der Waals surface area contributed by atoms with E-state index in [1.165, 1.54) is 0 Å². The highest BCUT2D eigenvalue weighted by molar-refractivity contribution is 5.71. The summed E-state index contributed by atoms with van der Waals surface area (Å²) >= 11 is 0. The average Bonchev–Trinajstić information content (AvgIpc) is 2.90. The molecule has 0 bridgehead atoms. The monoisotopic (exact) mass is 246 g/mol. The number of carboxylic acid groups (broad SMARTS) is 1. The van der Waals surface area contributed by atoms with Crippen LogP contribution in [0.4, 0.5) is 0 Å². The Balaban J connectivity index is 1.98. The molecule has 0 saturated carbocycles. The van der Waals surface area contributed by atoms with Crippen LogP contribution in [0.25, 0.3) is 5.69 Å². The van der Waals surface area contributed by atoms with E-state index in [9.17, 15) is 9.90 Å². The Morgan fingerprint density at radius 3 is 2.61 bits per heavy atom. The van der Waals surface area contributed by atoms with Crippen molar-refractivity contribution in [3.05, 3.63) is 48.3 Å². The number of hydrogen-bond acceptors (Lipinski definition) is 3. The van der Waals surface area contributed by atoms with Crippen molar-refractivity contribution in [1.29, 1.82) is 0 Å². The Morgan fingerprint density at radius 1 is 1.33 bits per heavy atom. The van der Waals surface area contributed by atoms with Gasteiger partial charge in [-0.3, -0.25) is 0 Å². The van der Waals surface area contributed by atoms with Crippen LogP contribution >= 0.6 is 0 Å². The molecule has 0 spiro atoms. The van der Waals surface area contributed by atoms with Gasteiger partial charge in [0.1, 0.15) is 0 Å². The lowest BCUT2D eigenvalue weighted by molar-refractivity contribution is -0.146. The fourth-order valence-corrected chi connectivity index (χ4v) is 1.66. The molecule has 2 rings (SSSR count). The first-order valence-electron chi connectivity index (χ1n) is 5.66. The van der Waals surface area contributed by atoms with E-state index in [1.807, 2.05) is 36.5 Å². The Hall–Kier alpha value is -2.14. The van der Waals surface area contributed by atoms with Crippen LogP contribution in [-0.4, -0.2) is 32.1 Å². The molecular formula is C13H14N2O3. The molecule has 0 saturated heterocycles. The van der Waals surface area contributed by atoms with Crippen LogP contribution in [0.2, 0.25) is 0 Å². The first-order chi connectivity index (χ1) is 8.66. The summed E-state index contributed by atoms with van der Waals surface area (Å²) in [6, 6.07) is 9.49. The van der Waals surface area contributed by atoms with Gasteiger partial charge in [0, 0.05) is 12.4 Å². The molecule has 18 heavy (non-hydrogen) atoms. The number of aryl methyl sites for hydroxylation is 1. The molecule has 0 aliphatic carbocycles. The summed E-state index contributed by atoms with van der Waals surface area (Å²) in [5, 5.41) is 21.9. The van der Waals surface area contributed by atoms with E-state index < -0.39 is 12.1 Å². The molecule has 5 heteroatoms. The molecule has 2 aromatic rings. The number of nitrogens with zero attached hydrogens (tertiary/aromatic N) is 2. The maximum atomic E-state index is 10.5. The van der Waals surface area contributed by atoms with Crippen LogP contribution in [0.1, 0.15) is 12.0 Å². The van der Waals surface area contributed by atoms with Crippen molar-refractivity contribution in [2.75, 3.05) is 0 Å². The van der Waals surface area contributed by atoms with Gasteiger partial charge >= 0.3 is 5.97 Å². The van der Waals surface area contributed by atoms with Crippen molar-refractivity contribution in [2.24, 2.45) is 0 Å². The fourth-order valence-electron chi connectivity index (χ4n) is 1.66. The van der Waals surface area contributed by atoms with Crippen molar-refractivity contribution in [1.82, 2.24) is 9.78 Å². The second kappa shape index (κ2) is 5.46. The predicted molar refractivity (Wildman–Crippen MR) is 65.5 cm³/mol. The van der Waals surface area contributed by atoms with Gasteiger partial charge in [-0.25, -0.2) is 9.48 Å². The summed E-state index contributed by atoms with van der Waals surface area (Å²) in [6.45, 7) is 0. The van der Waals surface area contributed by atoms with Crippen LogP contribution in [0.5, 0.6) is 0 Å².